The van der Waals surface area contributed by atoms with Gasteiger partial charge in [-0.15, -0.1) is 6.58 Å². The molecule has 0 saturated heterocycles. The minimum absolute atomic E-state index is 0.288. The van der Waals surface area contributed by atoms with Gasteiger partial charge in [0.25, 0.3) is 11.1 Å². The number of thioether (sulfide) groups is 1. The molecular formula is C11H18Cl2NO4PS. The van der Waals surface area contributed by atoms with Crippen molar-refractivity contribution in [2.75, 3.05) is 25.2 Å². The molecule has 0 unspecified atom stereocenters. The average molecular weight is 362 g/mol. The first kappa shape index (κ1) is 19.8. The first-order chi connectivity index (χ1) is 9.30. The number of amides is 1. The SMILES string of the molecule is C=CCSC(=O)N(CC(=O)OCCCC)CP(=O)(Cl)Cl. The Balaban J connectivity index is 4.51. The maximum Gasteiger partial charge on any atom is 0.325 e. The number of rotatable bonds is 9. The van der Waals surface area contributed by atoms with E-state index in [0.29, 0.717) is 5.75 Å². The van der Waals surface area contributed by atoms with Crippen LogP contribution in [0.5, 0.6) is 0 Å². The van der Waals surface area contributed by atoms with Crippen LogP contribution in [0.3, 0.4) is 0 Å². The van der Waals surface area contributed by atoms with Crippen LogP contribution in [0.25, 0.3) is 0 Å². The number of hydrogen-bond donors (Lipinski definition) is 0. The number of hydrogen-bond acceptors (Lipinski definition) is 5. The molecule has 0 saturated carbocycles. The lowest BCUT2D eigenvalue weighted by atomic mass is 10.4. The Hall–Kier alpha value is -0.160. The number of unbranched alkanes of at least 4 members (excludes halogenated alkanes) is 1. The summed E-state index contributed by atoms with van der Waals surface area (Å²) in [7, 11) is 0. The smallest absolute Gasteiger partial charge is 0.325 e. The molecule has 0 aromatic carbocycles. The van der Waals surface area contributed by atoms with Crippen LogP contribution in [0, 0.1) is 0 Å². The van der Waals surface area contributed by atoms with Gasteiger partial charge in [0, 0.05) is 5.75 Å². The summed E-state index contributed by atoms with van der Waals surface area (Å²) in [4.78, 5) is 24.4. The largest absolute Gasteiger partial charge is 0.464 e. The highest BCUT2D eigenvalue weighted by Crippen LogP contribution is 2.56. The normalized spacial score (nSPS) is 10.9. The monoisotopic (exact) mass is 361 g/mol. The maximum atomic E-state index is 11.8. The molecule has 0 heterocycles. The predicted molar refractivity (Wildman–Crippen MR) is 84.8 cm³/mol. The molecule has 0 atom stereocenters. The molecule has 9 heteroatoms. The fourth-order valence-electron chi connectivity index (χ4n) is 1.12. The van der Waals surface area contributed by atoms with Crippen molar-refractivity contribution >= 4 is 51.3 Å². The third-order valence-corrected chi connectivity index (χ3v) is 4.22. The second kappa shape index (κ2) is 10.6. The van der Waals surface area contributed by atoms with Gasteiger partial charge in [-0.2, -0.15) is 0 Å². The topological polar surface area (TPSA) is 63.7 Å². The first-order valence-electron chi connectivity index (χ1n) is 5.96. The van der Waals surface area contributed by atoms with Gasteiger partial charge < -0.3 is 9.64 Å². The molecule has 1 amide bonds. The molecule has 0 rings (SSSR count). The second-order valence-electron chi connectivity index (χ2n) is 3.85. The van der Waals surface area contributed by atoms with Crippen LogP contribution in [0.2, 0.25) is 0 Å². The Morgan fingerprint density at radius 2 is 2.10 bits per heavy atom. The quantitative estimate of drug-likeness (QED) is 0.265. The van der Waals surface area contributed by atoms with Gasteiger partial charge in [0.15, 0.2) is 0 Å². The molecule has 0 N–H and O–H groups in total. The van der Waals surface area contributed by atoms with Crippen molar-refractivity contribution < 1.29 is 18.9 Å². The fourth-order valence-corrected chi connectivity index (χ4v) is 3.19. The summed E-state index contributed by atoms with van der Waals surface area (Å²) in [5, 5.41) is -0.445. The zero-order chi connectivity index (χ0) is 15.6. The van der Waals surface area contributed by atoms with E-state index in [9.17, 15) is 14.2 Å². The van der Waals surface area contributed by atoms with Crippen molar-refractivity contribution in [3.8, 4) is 0 Å². The Labute approximate surface area is 132 Å². The molecule has 0 aliphatic carbocycles. The van der Waals surface area contributed by atoms with E-state index in [-0.39, 0.29) is 19.4 Å². The van der Waals surface area contributed by atoms with Gasteiger partial charge in [-0.05, 0) is 28.9 Å². The van der Waals surface area contributed by atoms with Gasteiger partial charge >= 0.3 is 5.97 Å². The summed E-state index contributed by atoms with van der Waals surface area (Å²) < 4.78 is 16.3. The van der Waals surface area contributed by atoms with Crippen LogP contribution >= 0.6 is 40.1 Å². The number of esters is 1. The van der Waals surface area contributed by atoms with E-state index >= 15 is 0 Å². The number of carbonyl (C=O) groups is 2. The average Bonchev–Trinajstić information content (AvgIpc) is 2.33. The highest BCUT2D eigenvalue weighted by molar-refractivity contribution is 8.13. The first-order valence-corrected chi connectivity index (χ1v) is 10.7. The van der Waals surface area contributed by atoms with Gasteiger partial charge in [-0.25, -0.2) is 0 Å². The third kappa shape index (κ3) is 10.6. The minimum Gasteiger partial charge on any atom is -0.464 e. The van der Waals surface area contributed by atoms with E-state index in [4.69, 9.17) is 27.2 Å². The molecule has 0 aliphatic heterocycles. The van der Waals surface area contributed by atoms with E-state index in [0.717, 1.165) is 29.5 Å². The van der Waals surface area contributed by atoms with Crippen molar-refractivity contribution in [1.82, 2.24) is 4.90 Å². The van der Waals surface area contributed by atoms with Gasteiger partial charge in [0.05, 0.1) is 6.61 Å². The molecule has 0 fully saturated rings. The summed E-state index contributed by atoms with van der Waals surface area (Å²) in [6, 6.07) is 0. The fraction of sp³-hybridized carbons (Fsp3) is 0.636. The van der Waals surface area contributed by atoms with Crippen molar-refractivity contribution in [3.05, 3.63) is 12.7 Å². The van der Waals surface area contributed by atoms with Crippen LogP contribution in [0.1, 0.15) is 19.8 Å². The Bertz CT molecular complexity index is 389. The van der Waals surface area contributed by atoms with Gasteiger partial charge in [-0.3, -0.25) is 14.2 Å². The number of ether oxygens (including phenoxy) is 1. The highest BCUT2D eigenvalue weighted by atomic mass is 35.9. The molecule has 5 nitrogen and oxygen atoms in total. The lowest BCUT2D eigenvalue weighted by molar-refractivity contribution is -0.144. The molecular weight excluding hydrogens is 344 g/mol. The minimum atomic E-state index is -3.49. The molecule has 116 valence electrons. The molecule has 0 aromatic heterocycles. The predicted octanol–water partition coefficient (Wildman–Crippen LogP) is 4.30. The molecule has 0 radical (unpaired) electrons. The number of carbonyl (C=O) groups excluding carboxylic acids is 2. The van der Waals surface area contributed by atoms with Crippen LogP contribution in [-0.4, -0.2) is 41.3 Å². The van der Waals surface area contributed by atoms with Crippen LogP contribution in [0.4, 0.5) is 4.79 Å². The highest BCUT2D eigenvalue weighted by Gasteiger charge is 2.26. The molecule has 0 aromatic rings. The molecule has 0 aliphatic rings. The van der Waals surface area contributed by atoms with E-state index in [1.54, 1.807) is 6.08 Å². The third-order valence-electron chi connectivity index (χ3n) is 2.00. The zero-order valence-electron chi connectivity index (χ0n) is 11.2. The van der Waals surface area contributed by atoms with Crippen molar-refractivity contribution in [2.24, 2.45) is 0 Å². The summed E-state index contributed by atoms with van der Waals surface area (Å²) in [6.45, 7) is 5.42. The Morgan fingerprint density at radius 1 is 1.45 bits per heavy atom. The lowest BCUT2D eigenvalue weighted by Crippen LogP contribution is -2.34. The van der Waals surface area contributed by atoms with E-state index in [1.165, 1.54) is 0 Å². The van der Waals surface area contributed by atoms with Crippen LogP contribution in [0.15, 0.2) is 12.7 Å². The van der Waals surface area contributed by atoms with Gasteiger partial charge in [0.1, 0.15) is 12.8 Å². The number of halogens is 2. The van der Waals surface area contributed by atoms with Crippen molar-refractivity contribution in [2.45, 2.75) is 19.8 Å². The summed E-state index contributed by atoms with van der Waals surface area (Å²) in [5.41, 5.74) is 0. The summed E-state index contributed by atoms with van der Waals surface area (Å²) in [5.74, 6) is -3.70. The van der Waals surface area contributed by atoms with Crippen molar-refractivity contribution in [1.29, 1.82) is 0 Å². The Kier molecular flexibility index (Phi) is 10.5. The summed E-state index contributed by atoms with van der Waals surface area (Å²) >= 11 is 11.8. The molecule has 0 bridgehead atoms. The molecule has 20 heavy (non-hydrogen) atoms. The lowest BCUT2D eigenvalue weighted by Gasteiger charge is -2.21. The second-order valence-corrected chi connectivity index (χ2v) is 10.0. The van der Waals surface area contributed by atoms with E-state index in [2.05, 4.69) is 6.58 Å². The van der Waals surface area contributed by atoms with Crippen LogP contribution in [-0.2, 0) is 14.1 Å². The molecule has 0 spiro atoms. The van der Waals surface area contributed by atoms with Crippen LogP contribution < -0.4 is 0 Å². The zero-order valence-corrected chi connectivity index (χ0v) is 14.4. The number of nitrogens with zero attached hydrogens (tertiary/aromatic N) is 1. The summed E-state index contributed by atoms with van der Waals surface area (Å²) in [6.07, 6.45) is 2.79. The van der Waals surface area contributed by atoms with E-state index in [1.807, 2.05) is 6.92 Å². The Morgan fingerprint density at radius 3 is 2.60 bits per heavy atom. The standard InChI is InChI=1S/C11H18Cl2NO4PS/c1-3-5-6-18-10(15)8-14(9-19(12,13)17)11(16)20-7-4-2/h4H,2-3,5-9H2,1H3. The van der Waals surface area contributed by atoms with Gasteiger partial charge in [0.2, 0.25) is 0 Å². The van der Waals surface area contributed by atoms with E-state index < -0.39 is 17.1 Å². The maximum absolute atomic E-state index is 11.8. The van der Waals surface area contributed by atoms with Crippen molar-refractivity contribution in [3.63, 3.8) is 0 Å². The van der Waals surface area contributed by atoms with Gasteiger partial charge in [-0.1, -0.05) is 31.2 Å².